The Morgan fingerprint density at radius 3 is 2.19 bits per heavy atom. The van der Waals surface area contributed by atoms with Gasteiger partial charge in [0.05, 0.1) is 0 Å². The molecule has 0 spiro atoms. The maximum atomic E-state index is 11.2. The lowest BCUT2D eigenvalue weighted by Gasteiger charge is -2.61. The topological polar surface area (TPSA) is 17.1 Å². The van der Waals surface area contributed by atoms with Crippen molar-refractivity contribution < 1.29 is 4.79 Å². The van der Waals surface area contributed by atoms with Crippen LogP contribution in [-0.4, -0.2) is 6.29 Å². The summed E-state index contributed by atoms with van der Waals surface area (Å²) in [6.45, 7) is 9.27. The summed E-state index contributed by atoms with van der Waals surface area (Å²) in [4.78, 5) is 11.2. The summed E-state index contributed by atoms with van der Waals surface area (Å²) in [5.74, 6) is 6.84. The van der Waals surface area contributed by atoms with Crippen LogP contribution < -0.4 is 0 Å². The van der Waals surface area contributed by atoms with Gasteiger partial charge < -0.3 is 4.79 Å². The number of rotatable bonds is 3. The van der Waals surface area contributed by atoms with E-state index in [0.717, 1.165) is 41.9 Å². The van der Waals surface area contributed by atoms with Crippen molar-refractivity contribution in [3.05, 3.63) is 0 Å². The molecule has 0 aliphatic heterocycles. The number of hydrogen-bond acceptors (Lipinski definition) is 1. The summed E-state index contributed by atoms with van der Waals surface area (Å²) in [6.07, 6.45) is 18.4. The van der Waals surface area contributed by atoms with E-state index < -0.39 is 0 Å². The first kappa shape index (κ1) is 20.0. The van der Waals surface area contributed by atoms with Crippen LogP contribution in [0.1, 0.15) is 105 Å². The van der Waals surface area contributed by atoms with Crippen molar-refractivity contribution in [2.75, 3.05) is 0 Å². The molecule has 0 radical (unpaired) electrons. The van der Waals surface area contributed by atoms with E-state index in [4.69, 9.17) is 0 Å². The van der Waals surface area contributed by atoms with Crippen LogP contribution in [0.4, 0.5) is 0 Å². The van der Waals surface area contributed by atoms with Gasteiger partial charge in [0.15, 0.2) is 0 Å². The van der Waals surface area contributed by atoms with E-state index >= 15 is 0 Å². The van der Waals surface area contributed by atoms with Crippen molar-refractivity contribution in [2.45, 2.75) is 105 Å². The van der Waals surface area contributed by atoms with Gasteiger partial charge in [-0.05, 0) is 123 Å². The van der Waals surface area contributed by atoms with Crippen molar-refractivity contribution in [1.82, 2.24) is 0 Å². The van der Waals surface area contributed by atoms with Gasteiger partial charge in [0, 0.05) is 6.42 Å². The molecule has 0 N–H and O–H groups in total. The molecular formula is C26H44O. The predicted molar refractivity (Wildman–Crippen MR) is 113 cm³/mol. The zero-order valence-corrected chi connectivity index (χ0v) is 18.5. The zero-order chi connectivity index (χ0) is 19.2. The van der Waals surface area contributed by atoms with E-state index in [2.05, 4.69) is 13.8 Å². The van der Waals surface area contributed by atoms with E-state index in [9.17, 15) is 4.79 Å². The maximum absolute atomic E-state index is 11.2. The molecule has 5 rings (SSSR count). The Kier molecular flexibility index (Phi) is 5.54. The average Bonchev–Trinajstić information content (AvgIpc) is 3.47. The number of carbonyl (C=O) groups is 1. The average molecular weight is 373 g/mol. The Morgan fingerprint density at radius 2 is 1.48 bits per heavy atom. The molecule has 5 saturated carbocycles. The van der Waals surface area contributed by atoms with E-state index in [1.54, 1.807) is 19.3 Å². The van der Waals surface area contributed by atoms with Crippen LogP contribution in [0.2, 0.25) is 0 Å². The molecule has 0 aromatic carbocycles. The second-order valence-corrected chi connectivity index (χ2v) is 11.2. The van der Waals surface area contributed by atoms with Gasteiger partial charge in [0.25, 0.3) is 0 Å². The molecule has 1 heteroatoms. The molecule has 0 aromatic rings. The van der Waals surface area contributed by atoms with Gasteiger partial charge in [-0.3, -0.25) is 0 Å². The van der Waals surface area contributed by atoms with Gasteiger partial charge in [0.2, 0.25) is 0 Å². The predicted octanol–water partition coefficient (Wildman–Crippen LogP) is 7.29. The van der Waals surface area contributed by atoms with Gasteiger partial charge >= 0.3 is 0 Å². The molecule has 0 amide bonds. The van der Waals surface area contributed by atoms with Gasteiger partial charge in [-0.15, -0.1) is 0 Å². The third-order valence-electron chi connectivity index (χ3n) is 10.6. The normalized spacial score (nSPS) is 51.3. The monoisotopic (exact) mass is 372 g/mol. The van der Waals surface area contributed by atoms with Crippen LogP contribution in [0.3, 0.4) is 0 Å². The lowest BCUT2D eigenvalue weighted by Crippen LogP contribution is -2.53. The van der Waals surface area contributed by atoms with Crippen LogP contribution in [0.15, 0.2) is 0 Å². The number of hydrogen-bond donors (Lipinski definition) is 0. The van der Waals surface area contributed by atoms with Crippen molar-refractivity contribution >= 4 is 6.29 Å². The Hall–Kier alpha value is -0.330. The smallest absolute Gasteiger partial charge is 0.120 e. The summed E-state index contributed by atoms with van der Waals surface area (Å²) in [6, 6.07) is 0. The molecule has 0 bridgehead atoms. The fourth-order valence-corrected chi connectivity index (χ4v) is 8.90. The Balaban J connectivity index is 0.000000872. The number of aldehydes is 1. The first-order valence-electron chi connectivity index (χ1n) is 12.5. The first-order chi connectivity index (χ1) is 13.1. The first-order valence-corrected chi connectivity index (χ1v) is 12.5. The van der Waals surface area contributed by atoms with Crippen LogP contribution in [0.5, 0.6) is 0 Å². The van der Waals surface area contributed by atoms with Gasteiger partial charge in [-0.1, -0.05) is 27.7 Å². The lowest BCUT2D eigenvalue weighted by molar-refractivity contribution is -0.123. The maximum Gasteiger partial charge on any atom is 0.120 e. The molecule has 5 fully saturated rings. The molecule has 1 nitrogen and oxygen atoms in total. The van der Waals surface area contributed by atoms with E-state index in [1.807, 2.05) is 13.8 Å². The van der Waals surface area contributed by atoms with Gasteiger partial charge in [-0.25, -0.2) is 0 Å². The highest BCUT2D eigenvalue weighted by molar-refractivity contribution is 5.50. The highest BCUT2D eigenvalue weighted by Gasteiger charge is 2.60. The fraction of sp³-hybridized carbons (Fsp3) is 0.962. The minimum absolute atomic E-state index is 0.483. The molecule has 4 unspecified atom stereocenters. The minimum Gasteiger partial charge on any atom is -0.303 e. The molecule has 8 atom stereocenters. The van der Waals surface area contributed by atoms with Crippen molar-refractivity contribution in [3.8, 4) is 0 Å². The summed E-state index contributed by atoms with van der Waals surface area (Å²) in [7, 11) is 0. The van der Waals surface area contributed by atoms with Crippen LogP contribution in [-0.2, 0) is 4.79 Å². The number of carbonyl (C=O) groups excluding carboxylic acids is 1. The van der Waals surface area contributed by atoms with Crippen molar-refractivity contribution in [2.24, 2.45) is 52.3 Å². The second-order valence-electron chi connectivity index (χ2n) is 11.2. The largest absolute Gasteiger partial charge is 0.303 e. The van der Waals surface area contributed by atoms with E-state index in [0.29, 0.717) is 16.7 Å². The molecule has 27 heavy (non-hydrogen) atoms. The van der Waals surface area contributed by atoms with E-state index in [-0.39, 0.29) is 0 Å². The van der Waals surface area contributed by atoms with Crippen LogP contribution in [0, 0.1) is 52.3 Å². The molecule has 154 valence electrons. The summed E-state index contributed by atoms with van der Waals surface area (Å²) in [5.41, 5.74) is 1.13. The second kappa shape index (κ2) is 7.49. The Bertz CT molecular complexity index is 536. The Morgan fingerprint density at radius 1 is 0.778 bits per heavy atom. The molecule has 0 heterocycles. The molecule has 0 aromatic heterocycles. The van der Waals surface area contributed by atoms with Gasteiger partial charge in [0.1, 0.15) is 6.29 Å². The molecule has 5 aliphatic rings. The molecule has 0 saturated heterocycles. The quantitative estimate of drug-likeness (QED) is 0.475. The molecule has 5 aliphatic carbocycles. The zero-order valence-electron chi connectivity index (χ0n) is 18.5. The molecular weight excluding hydrogens is 328 g/mol. The van der Waals surface area contributed by atoms with Crippen molar-refractivity contribution in [1.29, 1.82) is 0 Å². The third kappa shape index (κ3) is 3.14. The van der Waals surface area contributed by atoms with Crippen LogP contribution in [0.25, 0.3) is 0 Å². The SMILES string of the molecule is CC.C[C@]12CCC3[C@@H](CC[C@@H]4CC(C5CC5)CC[C@]34C)C1CCC2CC=O. The lowest BCUT2D eigenvalue weighted by atomic mass is 9.44. The van der Waals surface area contributed by atoms with Crippen molar-refractivity contribution in [3.63, 3.8) is 0 Å². The Labute approximate surface area is 168 Å². The minimum atomic E-state index is 0.483. The van der Waals surface area contributed by atoms with Gasteiger partial charge in [-0.2, -0.15) is 0 Å². The summed E-state index contributed by atoms with van der Waals surface area (Å²) in [5, 5.41) is 0. The highest BCUT2D eigenvalue weighted by Crippen LogP contribution is 2.68. The number of fused-ring (bicyclic) bond motifs is 5. The third-order valence-corrected chi connectivity index (χ3v) is 10.6. The standard InChI is InChI=1S/C24H38O.C2H6/c1-23-13-10-22-20(21(23)8-6-18(23)11-14-25)7-5-19-15-17(16-3-4-16)9-12-24(19,22)2;1-2/h14,16-22H,3-13,15H2,1-2H3;1-2H3/t17?,18?,19-,20+,21?,22?,23-,24+;/m1./s1. The summed E-state index contributed by atoms with van der Waals surface area (Å²) >= 11 is 0. The van der Waals surface area contributed by atoms with Crippen LogP contribution >= 0.6 is 0 Å². The summed E-state index contributed by atoms with van der Waals surface area (Å²) < 4.78 is 0. The fourth-order valence-electron chi connectivity index (χ4n) is 8.90. The highest BCUT2D eigenvalue weighted by atomic mass is 16.1. The van der Waals surface area contributed by atoms with E-state index in [1.165, 1.54) is 57.7 Å².